The number of rotatable bonds is 3. The van der Waals surface area contributed by atoms with Crippen LogP contribution < -0.4 is 4.52 Å². The number of carbonyl (C=O) groups is 1. The molecule has 0 aliphatic carbocycles. The molecule has 6 nitrogen and oxygen atoms in total. The fraction of sp³-hybridized carbons (Fsp3) is 0.125. The average Bonchev–Trinajstić information content (AvgIpc) is 2.19. The number of benzene rings is 1. The molecule has 15 heavy (non-hydrogen) atoms. The minimum atomic E-state index is -2.28. The highest BCUT2D eigenvalue weighted by atomic mass is 31.2. The van der Waals surface area contributed by atoms with Crippen LogP contribution in [0.25, 0.3) is 0 Å². The van der Waals surface area contributed by atoms with Gasteiger partial charge < -0.3 is 24.5 Å². The standard InChI is InChI=1S/C6H7O3P.C2H4O3/c7-10(8)9-6-4-2-1-3-5-6;3-1-2(4)5/h1-5,7-8H;3H,1H2,(H,4,5). The van der Waals surface area contributed by atoms with Gasteiger partial charge in [-0.05, 0) is 12.1 Å². The molecule has 0 saturated carbocycles. The molecule has 0 aliphatic heterocycles. The van der Waals surface area contributed by atoms with E-state index in [2.05, 4.69) is 4.52 Å². The van der Waals surface area contributed by atoms with Crippen LogP contribution in [0, 0.1) is 0 Å². The molecule has 1 aromatic rings. The topological polar surface area (TPSA) is 107 Å². The Morgan fingerprint density at radius 1 is 1.27 bits per heavy atom. The number of hydrogen-bond donors (Lipinski definition) is 4. The molecule has 1 aromatic carbocycles. The van der Waals surface area contributed by atoms with Crippen LogP contribution in [-0.2, 0) is 4.79 Å². The smallest absolute Gasteiger partial charge is 0.391 e. The molecule has 0 heterocycles. The van der Waals surface area contributed by atoms with Crippen LogP contribution in [0.4, 0.5) is 0 Å². The van der Waals surface area contributed by atoms with E-state index in [9.17, 15) is 0 Å². The summed E-state index contributed by atoms with van der Waals surface area (Å²) in [4.78, 5) is 25.9. The van der Waals surface area contributed by atoms with Crippen molar-refractivity contribution in [3.63, 3.8) is 0 Å². The van der Waals surface area contributed by atoms with E-state index in [1.807, 2.05) is 6.07 Å². The zero-order valence-electron chi connectivity index (χ0n) is 7.65. The van der Waals surface area contributed by atoms with Gasteiger partial charge in [-0.25, -0.2) is 4.79 Å². The Kier molecular flexibility index (Phi) is 7.49. The number of carboxylic acid groups (broad SMARTS) is 1. The van der Waals surface area contributed by atoms with E-state index in [-0.39, 0.29) is 0 Å². The van der Waals surface area contributed by atoms with Gasteiger partial charge in [-0.3, -0.25) is 0 Å². The fourth-order valence-corrected chi connectivity index (χ4v) is 0.886. The van der Waals surface area contributed by atoms with Crippen LogP contribution in [0.5, 0.6) is 5.75 Å². The van der Waals surface area contributed by atoms with Crippen LogP contribution in [0.15, 0.2) is 30.3 Å². The summed E-state index contributed by atoms with van der Waals surface area (Å²) in [6.45, 7) is -0.778. The minimum absolute atomic E-state index is 0.471. The van der Waals surface area contributed by atoms with Crippen molar-refractivity contribution in [3.05, 3.63) is 30.3 Å². The molecule has 84 valence electrons. The lowest BCUT2D eigenvalue weighted by Gasteiger charge is -2.02. The van der Waals surface area contributed by atoms with Gasteiger partial charge in [0.2, 0.25) is 0 Å². The second-order valence-corrected chi connectivity index (χ2v) is 2.90. The highest BCUT2D eigenvalue weighted by Gasteiger charge is 1.99. The largest absolute Gasteiger partial charge is 0.480 e. The third-order valence-corrected chi connectivity index (χ3v) is 1.44. The van der Waals surface area contributed by atoms with Gasteiger partial charge >= 0.3 is 14.6 Å². The van der Waals surface area contributed by atoms with Crippen molar-refractivity contribution in [1.82, 2.24) is 0 Å². The number of aliphatic carboxylic acids is 1. The first-order valence-corrected chi connectivity index (χ1v) is 4.96. The first kappa shape index (κ1) is 13.8. The Morgan fingerprint density at radius 2 is 1.73 bits per heavy atom. The number of carboxylic acids is 1. The molecule has 0 spiro atoms. The van der Waals surface area contributed by atoms with E-state index in [4.69, 9.17) is 24.8 Å². The molecule has 7 heteroatoms. The molecule has 0 unspecified atom stereocenters. The number of aliphatic hydroxyl groups excluding tert-OH is 1. The Morgan fingerprint density at radius 3 is 2.07 bits per heavy atom. The molecule has 0 fully saturated rings. The summed E-state index contributed by atoms with van der Waals surface area (Å²) in [5.74, 6) is -0.719. The lowest BCUT2D eigenvalue weighted by Crippen LogP contribution is -1.98. The normalized spacial score (nSPS) is 9.07. The fourth-order valence-electron chi connectivity index (χ4n) is 0.576. The highest BCUT2D eigenvalue weighted by molar-refractivity contribution is 7.39. The van der Waals surface area contributed by atoms with Gasteiger partial charge in [-0.15, -0.1) is 0 Å². The average molecular weight is 234 g/mol. The van der Waals surface area contributed by atoms with E-state index in [1.54, 1.807) is 24.3 Å². The predicted octanol–water partition coefficient (Wildman–Crippen LogP) is 0.340. The third-order valence-electron chi connectivity index (χ3n) is 1.07. The van der Waals surface area contributed by atoms with Gasteiger partial charge in [0.15, 0.2) is 0 Å². The molecule has 0 aromatic heterocycles. The van der Waals surface area contributed by atoms with E-state index in [1.165, 1.54) is 0 Å². The second-order valence-electron chi connectivity index (χ2n) is 2.21. The van der Waals surface area contributed by atoms with Crippen LogP contribution in [0.1, 0.15) is 0 Å². The lowest BCUT2D eigenvalue weighted by molar-refractivity contribution is -0.140. The molecule has 0 bridgehead atoms. The van der Waals surface area contributed by atoms with Gasteiger partial charge in [-0.1, -0.05) is 18.2 Å². The number of para-hydroxylation sites is 1. The molecule has 1 rings (SSSR count). The van der Waals surface area contributed by atoms with Crippen molar-refractivity contribution >= 4 is 14.6 Å². The second kappa shape index (κ2) is 8.14. The van der Waals surface area contributed by atoms with E-state index in [0.717, 1.165) is 0 Å². The van der Waals surface area contributed by atoms with E-state index >= 15 is 0 Å². The van der Waals surface area contributed by atoms with Crippen LogP contribution in [-0.4, -0.2) is 32.6 Å². The van der Waals surface area contributed by atoms with Gasteiger partial charge in [-0.2, -0.15) is 0 Å². The Hall–Kier alpha value is -1.20. The molecule has 4 N–H and O–H groups in total. The first-order valence-electron chi connectivity index (χ1n) is 3.79. The number of hydrogen-bond acceptors (Lipinski definition) is 5. The van der Waals surface area contributed by atoms with Gasteiger partial charge in [0.05, 0.1) is 0 Å². The Labute approximate surface area is 87.4 Å². The zero-order valence-corrected chi connectivity index (χ0v) is 8.54. The monoisotopic (exact) mass is 234 g/mol. The highest BCUT2D eigenvalue weighted by Crippen LogP contribution is 2.27. The summed E-state index contributed by atoms with van der Waals surface area (Å²) >= 11 is 0. The van der Waals surface area contributed by atoms with E-state index in [0.29, 0.717) is 5.75 Å². The predicted molar refractivity (Wildman–Crippen MR) is 53.1 cm³/mol. The third kappa shape index (κ3) is 9.11. The maximum atomic E-state index is 9.12. The quantitative estimate of drug-likeness (QED) is 0.562. The maximum Gasteiger partial charge on any atom is 0.391 e. The SMILES string of the molecule is O=C(O)CO.OP(O)Oc1ccccc1. The summed E-state index contributed by atoms with van der Waals surface area (Å²) in [6.07, 6.45) is 0. The molecule has 0 radical (unpaired) electrons. The van der Waals surface area contributed by atoms with Crippen LogP contribution in [0.2, 0.25) is 0 Å². The number of aliphatic hydroxyl groups is 1. The molecular weight excluding hydrogens is 223 g/mol. The Bertz CT molecular complexity index is 276. The van der Waals surface area contributed by atoms with Gasteiger partial charge in [0, 0.05) is 0 Å². The van der Waals surface area contributed by atoms with Crippen LogP contribution >= 0.6 is 8.60 Å². The molecular formula is C8H11O6P. The van der Waals surface area contributed by atoms with Crippen molar-refractivity contribution in [2.75, 3.05) is 6.61 Å². The summed E-state index contributed by atoms with van der Waals surface area (Å²) in [5.41, 5.74) is 0. The van der Waals surface area contributed by atoms with Crippen molar-refractivity contribution in [2.45, 2.75) is 0 Å². The van der Waals surface area contributed by atoms with Crippen molar-refractivity contribution in [1.29, 1.82) is 0 Å². The minimum Gasteiger partial charge on any atom is -0.480 e. The van der Waals surface area contributed by atoms with Gasteiger partial charge in [0.1, 0.15) is 12.4 Å². The molecule has 0 atom stereocenters. The van der Waals surface area contributed by atoms with Crippen molar-refractivity contribution in [3.8, 4) is 5.75 Å². The maximum absolute atomic E-state index is 9.12. The summed E-state index contributed by atoms with van der Waals surface area (Å²) in [6, 6.07) is 8.65. The Balaban J connectivity index is 0.000000336. The molecule has 0 saturated heterocycles. The van der Waals surface area contributed by atoms with Crippen molar-refractivity contribution < 1.29 is 29.3 Å². The first-order chi connectivity index (χ1) is 7.06. The summed E-state index contributed by atoms with van der Waals surface area (Å²) in [5, 5.41) is 15.0. The molecule has 0 aliphatic rings. The lowest BCUT2D eigenvalue weighted by atomic mass is 10.3. The summed E-state index contributed by atoms with van der Waals surface area (Å²) in [7, 11) is -2.28. The summed E-state index contributed by atoms with van der Waals surface area (Å²) < 4.78 is 4.59. The molecule has 0 amide bonds. The van der Waals surface area contributed by atoms with Crippen molar-refractivity contribution in [2.24, 2.45) is 0 Å². The van der Waals surface area contributed by atoms with Gasteiger partial charge in [0.25, 0.3) is 0 Å². The van der Waals surface area contributed by atoms with Crippen LogP contribution in [0.3, 0.4) is 0 Å². The van der Waals surface area contributed by atoms with E-state index < -0.39 is 21.2 Å². The zero-order chi connectivity index (χ0) is 11.7.